The van der Waals surface area contributed by atoms with E-state index in [2.05, 4.69) is 36.5 Å². The van der Waals surface area contributed by atoms with Gasteiger partial charge in [-0.1, -0.05) is 42.0 Å². The number of rotatable bonds is 3. The van der Waals surface area contributed by atoms with Gasteiger partial charge in [-0.2, -0.15) is 0 Å². The van der Waals surface area contributed by atoms with E-state index >= 15 is 0 Å². The second-order valence-electron chi connectivity index (χ2n) is 4.74. The van der Waals surface area contributed by atoms with E-state index in [0.717, 1.165) is 17.1 Å². The van der Waals surface area contributed by atoms with Crippen molar-refractivity contribution < 1.29 is 9.47 Å². The summed E-state index contributed by atoms with van der Waals surface area (Å²) in [5.74, 6) is 1.53. The number of aryl methyl sites for hydroxylation is 1. The summed E-state index contributed by atoms with van der Waals surface area (Å²) in [5.41, 5.74) is 3.40. The van der Waals surface area contributed by atoms with E-state index in [1.807, 2.05) is 18.2 Å². The second kappa shape index (κ2) is 5.51. The smallest absolute Gasteiger partial charge is 0.231 e. The molecule has 0 aromatic heterocycles. The number of nitrogens with one attached hydrogen (secondary N) is 1. The lowest BCUT2D eigenvalue weighted by Crippen LogP contribution is -2.21. The first-order valence-electron chi connectivity index (χ1n) is 6.46. The molecule has 0 bridgehead atoms. The van der Waals surface area contributed by atoms with Gasteiger partial charge < -0.3 is 14.8 Å². The summed E-state index contributed by atoms with van der Waals surface area (Å²) >= 11 is 5.41. The van der Waals surface area contributed by atoms with Crippen LogP contribution >= 0.6 is 12.2 Å². The van der Waals surface area contributed by atoms with Crippen LogP contribution in [0.3, 0.4) is 0 Å². The SMILES string of the molecule is Cc1ccc(CNC(=S)c2ccc3c(c2)OCO3)cc1. The van der Waals surface area contributed by atoms with Gasteiger partial charge in [-0.25, -0.2) is 0 Å². The molecule has 0 radical (unpaired) electrons. The molecule has 0 spiro atoms. The third-order valence-corrected chi connectivity index (χ3v) is 3.59. The van der Waals surface area contributed by atoms with Crippen LogP contribution in [0.4, 0.5) is 0 Å². The maximum absolute atomic E-state index is 5.41. The summed E-state index contributed by atoms with van der Waals surface area (Å²) in [6, 6.07) is 14.1. The lowest BCUT2D eigenvalue weighted by atomic mass is 10.1. The Morgan fingerprint density at radius 3 is 2.65 bits per heavy atom. The molecule has 20 heavy (non-hydrogen) atoms. The molecule has 3 nitrogen and oxygen atoms in total. The molecule has 0 unspecified atom stereocenters. The Morgan fingerprint density at radius 2 is 1.85 bits per heavy atom. The van der Waals surface area contributed by atoms with Crippen molar-refractivity contribution in [2.45, 2.75) is 13.5 Å². The minimum atomic E-state index is 0.280. The van der Waals surface area contributed by atoms with Gasteiger partial charge in [0.15, 0.2) is 11.5 Å². The van der Waals surface area contributed by atoms with Gasteiger partial charge in [0.05, 0.1) is 0 Å². The average Bonchev–Trinajstić information content (AvgIpc) is 2.93. The maximum Gasteiger partial charge on any atom is 0.231 e. The van der Waals surface area contributed by atoms with Crippen LogP contribution < -0.4 is 14.8 Å². The largest absolute Gasteiger partial charge is 0.454 e. The van der Waals surface area contributed by atoms with Gasteiger partial charge in [0.25, 0.3) is 0 Å². The fourth-order valence-electron chi connectivity index (χ4n) is 2.03. The fraction of sp³-hybridized carbons (Fsp3) is 0.188. The van der Waals surface area contributed by atoms with Crippen molar-refractivity contribution in [1.29, 1.82) is 0 Å². The minimum absolute atomic E-state index is 0.280. The molecule has 0 fully saturated rings. The summed E-state index contributed by atoms with van der Waals surface area (Å²) in [7, 11) is 0. The number of benzene rings is 2. The van der Waals surface area contributed by atoms with Crippen LogP contribution in [0.25, 0.3) is 0 Å². The van der Waals surface area contributed by atoms with Crippen molar-refractivity contribution in [3.05, 3.63) is 59.2 Å². The summed E-state index contributed by atoms with van der Waals surface area (Å²) in [5, 5.41) is 3.26. The first-order valence-corrected chi connectivity index (χ1v) is 6.86. The molecule has 1 aliphatic heterocycles. The molecule has 2 aromatic rings. The second-order valence-corrected chi connectivity index (χ2v) is 5.14. The van der Waals surface area contributed by atoms with Crippen molar-refractivity contribution >= 4 is 17.2 Å². The summed E-state index contributed by atoms with van der Waals surface area (Å²) < 4.78 is 10.6. The molecule has 1 N–H and O–H groups in total. The number of hydrogen-bond donors (Lipinski definition) is 1. The van der Waals surface area contributed by atoms with E-state index in [1.54, 1.807) is 0 Å². The van der Waals surface area contributed by atoms with E-state index in [9.17, 15) is 0 Å². The Hall–Kier alpha value is -2.07. The van der Waals surface area contributed by atoms with E-state index < -0.39 is 0 Å². The van der Waals surface area contributed by atoms with Gasteiger partial charge in [0, 0.05) is 12.1 Å². The summed E-state index contributed by atoms with van der Waals surface area (Å²) in [4.78, 5) is 0.712. The molecule has 0 atom stereocenters. The van der Waals surface area contributed by atoms with Crippen LogP contribution in [0.2, 0.25) is 0 Å². The molecular weight excluding hydrogens is 270 g/mol. The van der Waals surface area contributed by atoms with Crippen LogP contribution in [-0.2, 0) is 6.54 Å². The monoisotopic (exact) mass is 285 g/mol. The minimum Gasteiger partial charge on any atom is -0.454 e. The lowest BCUT2D eigenvalue weighted by Gasteiger charge is -2.09. The van der Waals surface area contributed by atoms with Gasteiger partial charge in [-0.05, 0) is 30.7 Å². The van der Waals surface area contributed by atoms with Crippen molar-refractivity contribution in [3.8, 4) is 11.5 Å². The van der Waals surface area contributed by atoms with Crippen LogP contribution in [0.5, 0.6) is 11.5 Å². The highest BCUT2D eigenvalue weighted by atomic mass is 32.1. The van der Waals surface area contributed by atoms with Crippen LogP contribution in [-0.4, -0.2) is 11.8 Å². The summed E-state index contributed by atoms with van der Waals surface area (Å²) in [6.07, 6.45) is 0. The Kier molecular flexibility index (Phi) is 3.56. The molecular formula is C16H15NO2S. The molecule has 1 aliphatic rings. The molecule has 0 saturated heterocycles. The quantitative estimate of drug-likeness (QED) is 0.877. The number of thiocarbonyl (C=S) groups is 1. The number of ether oxygens (including phenoxy) is 2. The van der Waals surface area contributed by atoms with Crippen LogP contribution in [0, 0.1) is 6.92 Å². The average molecular weight is 285 g/mol. The summed E-state index contributed by atoms with van der Waals surface area (Å²) in [6.45, 7) is 3.07. The Bertz CT molecular complexity index is 637. The Labute approximate surface area is 123 Å². The highest BCUT2D eigenvalue weighted by molar-refractivity contribution is 7.80. The Morgan fingerprint density at radius 1 is 1.10 bits per heavy atom. The van der Waals surface area contributed by atoms with Crippen LogP contribution in [0.1, 0.15) is 16.7 Å². The molecule has 4 heteroatoms. The predicted octanol–water partition coefficient (Wildman–Crippen LogP) is 3.19. The van der Waals surface area contributed by atoms with Gasteiger partial charge in [-0.15, -0.1) is 0 Å². The molecule has 0 amide bonds. The van der Waals surface area contributed by atoms with E-state index in [-0.39, 0.29) is 6.79 Å². The Balaban J connectivity index is 1.66. The predicted molar refractivity (Wildman–Crippen MR) is 82.3 cm³/mol. The zero-order chi connectivity index (χ0) is 13.9. The maximum atomic E-state index is 5.41. The first kappa shape index (κ1) is 12.9. The standard InChI is InChI=1S/C16H15NO2S/c1-11-2-4-12(5-3-11)9-17-16(20)13-6-7-14-15(8-13)19-10-18-14/h2-8H,9-10H2,1H3,(H,17,20). The molecule has 0 saturated carbocycles. The van der Waals surface area contributed by atoms with Gasteiger partial charge in [0.1, 0.15) is 4.99 Å². The van der Waals surface area contributed by atoms with Crippen molar-refractivity contribution in [2.24, 2.45) is 0 Å². The molecule has 1 heterocycles. The van der Waals surface area contributed by atoms with E-state index in [1.165, 1.54) is 11.1 Å². The first-order chi connectivity index (χ1) is 9.72. The number of fused-ring (bicyclic) bond motifs is 1. The lowest BCUT2D eigenvalue weighted by molar-refractivity contribution is 0.174. The van der Waals surface area contributed by atoms with Gasteiger partial charge in [-0.3, -0.25) is 0 Å². The molecule has 0 aliphatic carbocycles. The molecule has 3 rings (SSSR count). The fourth-order valence-corrected chi connectivity index (χ4v) is 2.23. The topological polar surface area (TPSA) is 30.5 Å². The third-order valence-electron chi connectivity index (χ3n) is 3.21. The number of hydrogen-bond acceptors (Lipinski definition) is 3. The zero-order valence-electron chi connectivity index (χ0n) is 11.2. The van der Waals surface area contributed by atoms with E-state index in [0.29, 0.717) is 11.5 Å². The molecule has 102 valence electrons. The van der Waals surface area contributed by atoms with Crippen LogP contribution in [0.15, 0.2) is 42.5 Å². The van der Waals surface area contributed by atoms with Gasteiger partial charge >= 0.3 is 0 Å². The van der Waals surface area contributed by atoms with Gasteiger partial charge in [0.2, 0.25) is 6.79 Å². The van der Waals surface area contributed by atoms with Crippen molar-refractivity contribution in [2.75, 3.05) is 6.79 Å². The van der Waals surface area contributed by atoms with Crippen molar-refractivity contribution in [3.63, 3.8) is 0 Å². The zero-order valence-corrected chi connectivity index (χ0v) is 12.0. The highest BCUT2D eigenvalue weighted by Gasteiger charge is 2.14. The third kappa shape index (κ3) is 2.75. The molecule has 2 aromatic carbocycles. The van der Waals surface area contributed by atoms with Crippen molar-refractivity contribution in [1.82, 2.24) is 5.32 Å². The highest BCUT2D eigenvalue weighted by Crippen LogP contribution is 2.32. The van der Waals surface area contributed by atoms with E-state index in [4.69, 9.17) is 21.7 Å². The normalized spacial score (nSPS) is 12.2.